The van der Waals surface area contributed by atoms with Crippen molar-refractivity contribution in [2.45, 2.75) is 0 Å². The molecule has 0 amide bonds. The molecule has 4 aromatic rings. The summed E-state index contributed by atoms with van der Waals surface area (Å²) in [6.07, 6.45) is 1.56. The van der Waals surface area contributed by atoms with E-state index in [1.54, 1.807) is 18.4 Å². The monoisotopic (exact) mass is 532 g/mol. The molecule has 0 saturated heterocycles. The minimum absolute atomic E-state index is 0.378. The van der Waals surface area contributed by atoms with Gasteiger partial charge in [0.1, 0.15) is 0 Å². The fraction of sp³-hybridized carbons (Fsp3) is 0. The van der Waals surface area contributed by atoms with Gasteiger partial charge in [-0.2, -0.15) is 0 Å². The number of hydrogen-bond acceptors (Lipinski definition) is 2. The van der Waals surface area contributed by atoms with Gasteiger partial charge in [-0.25, -0.2) is 0 Å². The quantitative estimate of drug-likeness (QED) is 0.200. The first kappa shape index (κ1) is 21.4. The van der Waals surface area contributed by atoms with Gasteiger partial charge in [0.2, 0.25) is 0 Å². The molecule has 0 radical (unpaired) electrons. The Labute approximate surface area is 190 Å². The average molecular weight is 533 g/mol. The zero-order valence-electron chi connectivity index (χ0n) is 16.8. The molecule has 0 bridgehead atoms. The van der Waals surface area contributed by atoms with E-state index in [0.717, 1.165) is 0 Å². The summed E-state index contributed by atoms with van der Waals surface area (Å²) in [5.74, 6) is -0.378. The van der Waals surface area contributed by atoms with Gasteiger partial charge < -0.3 is 0 Å². The van der Waals surface area contributed by atoms with E-state index < -0.39 is 10.6 Å². The average Bonchev–Trinajstić information content (AvgIpc) is 2.86. The standard InChI is InChI=1S/C27H22AsBrO2/c29-28(24-15-7-2-8-16-24,25-17-9-3-10-18-25,26-19-11-4-12-20-26)21-22-31-27(30)23-13-5-1-6-14-23/h1-22H. The Morgan fingerprint density at radius 1 is 0.613 bits per heavy atom. The Balaban J connectivity index is 1.89. The Morgan fingerprint density at radius 3 is 1.35 bits per heavy atom. The second kappa shape index (κ2) is 9.09. The van der Waals surface area contributed by atoms with Crippen LogP contribution < -0.4 is 13.1 Å². The van der Waals surface area contributed by atoms with E-state index in [9.17, 15) is 4.79 Å². The predicted octanol–water partition coefficient (Wildman–Crippen LogP) is 4.91. The van der Waals surface area contributed by atoms with Gasteiger partial charge >= 0.3 is 191 Å². The van der Waals surface area contributed by atoms with Crippen LogP contribution in [0.15, 0.2) is 132 Å². The minimum atomic E-state index is -3.98. The third-order valence-electron chi connectivity index (χ3n) is 5.31. The molecule has 0 saturated carbocycles. The molecule has 2 nitrogen and oxygen atoms in total. The molecule has 0 aliphatic heterocycles. The Kier molecular flexibility index (Phi) is 6.27. The van der Waals surface area contributed by atoms with E-state index >= 15 is 0 Å². The molecule has 4 rings (SSSR count). The van der Waals surface area contributed by atoms with Gasteiger partial charge in [-0.05, 0) is 0 Å². The molecule has 0 unspecified atom stereocenters. The van der Waals surface area contributed by atoms with Crippen molar-refractivity contribution < 1.29 is 9.53 Å². The van der Waals surface area contributed by atoms with Crippen LogP contribution in [0, 0.1) is 0 Å². The summed E-state index contributed by atoms with van der Waals surface area (Å²) in [6.45, 7) is 0. The zero-order valence-corrected chi connectivity index (χ0v) is 20.3. The first-order valence-electron chi connectivity index (χ1n) is 9.97. The van der Waals surface area contributed by atoms with Gasteiger partial charge in [0.15, 0.2) is 0 Å². The molecule has 0 atom stereocenters. The summed E-state index contributed by atoms with van der Waals surface area (Å²) >= 11 is 4.32. The van der Waals surface area contributed by atoms with E-state index in [-0.39, 0.29) is 5.97 Å². The van der Waals surface area contributed by atoms with Gasteiger partial charge in [0.05, 0.1) is 0 Å². The molecule has 0 aromatic heterocycles. The topological polar surface area (TPSA) is 26.3 Å². The normalized spacial score (nSPS) is 12.7. The molecular formula is C27H22AsBrO2. The van der Waals surface area contributed by atoms with Crippen LogP contribution in [0.5, 0.6) is 0 Å². The second-order valence-corrected chi connectivity index (χ2v) is 23.2. The van der Waals surface area contributed by atoms with Crippen molar-refractivity contribution in [2.24, 2.45) is 0 Å². The van der Waals surface area contributed by atoms with Gasteiger partial charge in [-0.3, -0.25) is 0 Å². The van der Waals surface area contributed by atoms with Crippen molar-refractivity contribution in [3.63, 3.8) is 0 Å². The molecule has 154 valence electrons. The van der Waals surface area contributed by atoms with Crippen molar-refractivity contribution >= 4 is 43.5 Å². The molecule has 0 aliphatic carbocycles. The van der Waals surface area contributed by atoms with Crippen molar-refractivity contribution in [3.05, 3.63) is 138 Å². The molecule has 4 aromatic carbocycles. The molecule has 4 heteroatoms. The van der Waals surface area contributed by atoms with Crippen molar-refractivity contribution in [3.8, 4) is 0 Å². The predicted molar refractivity (Wildman–Crippen MR) is 134 cm³/mol. The van der Waals surface area contributed by atoms with Crippen molar-refractivity contribution in [2.75, 3.05) is 0 Å². The molecule has 0 heterocycles. The summed E-state index contributed by atoms with van der Waals surface area (Å²) in [6, 6.07) is 40.2. The van der Waals surface area contributed by atoms with Crippen LogP contribution in [-0.4, -0.2) is 16.6 Å². The van der Waals surface area contributed by atoms with Crippen molar-refractivity contribution in [1.82, 2.24) is 0 Å². The summed E-state index contributed by atoms with van der Waals surface area (Å²) in [4.78, 5) is 14.7. The maximum absolute atomic E-state index is 12.6. The van der Waals surface area contributed by atoms with Crippen LogP contribution in [0.1, 0.15) is 10.4 Å². The molecule has 0 aliphatic rings. The van der Waals surface area contributed by atoms with Crippen LogP contribution in [0.2, 0.25) is 0 Å². The maximum atomic E-state index is 12.6. The van der Waals surface area contributed by atoms with Crippen molar-refractivity contribution in [1.29, 1.82) is 0 Å². The van der Waals surface area contributed by atoms with E-state index in [0.29, 0.717) is 5.56 Å². The number of carbonyl (C=O) groups excluding carboxylic acids is 1. The molecule has 0 spiro atoms. The van der Waals surface area contributed by atoms with E-state index in [1.165, 1.54) is 13.1 Å². The molecular weight excluding hydrogens is 511 g/mol. The number of halogens is 1. The van der Waals surface area contributed by atoms with E-state index in [2.05, 4.69) is 55.2 Å². The number of benzene rings is 4. The first-order chi connectivity index (χ1) is 15.1. The zero-order chi connectivity index (χ0) is 21.6. The summed E-state index contributed by atoms with van der Waals surface area (Å²) < 4.78 is 9.12. The number of esters is 1. The van der Waals surface area contributed by atoms with E-state index in [4.69, 9.17) is 4.74 Å². The fourth-order valence-electron chi connectivity index (χ4n) is 3.71. The Bertz CT molecular complexity index is 1080. The SMILES string of the molecule is O=C(OC=C[As](Br)(c1ccccc1)(c1ccccc1)c1ccccc1)c1ccccc1. The van der Waals surface area contributed by atoms with Crippen LogP contribution in [-0.2, 0) is 4.74 Å². The van der Waals surface area contributed by atoms with Crippen LogP contribution >= 0.6 is 13.9 Å². The van der Waals surface area contributed by atoms with Crippen LogP contribution in [0.4, 0.5) is 0 Å². The molecule has 31 heavy (non-hydrogen) atoms. The number of rotatable bonds is 6. The Morgan fingerprint density at radius 2 is 0.968 bits per heavy atom. The van der Waals surface area contributed by atoms with Gasteiger partial charge in [0, 0.05) is 0 Å². The third-order valence-corrected chi connectivity index (χ3v) is 22.6. The van der Waals surface area contributed by atoms with Gasteiger partial charge in [-0.1, -0.05) is 0 Å². The first-order valence-corrected chi connectivity index (χ1v) is 18.3. The van der Waals surface area contributed by atoms with Gasteiger partial charge in [-0.15, -0.1) is 0 Å². The number of ether oxygens (including phenoxy) is 1. The second-order valence-electron chi connectivity index (χ2n) is 7.14. The van der Waals surface area contributed by atoms with Crippen LogP contribution in [0.25, 0.3) is 0 Å². The molecule has 0 N–H and O–H groups in total. The fourth-order valence-corrected chi connectivity index (χ4v) is 16.2. The molecule has 0 fully saturated rings. The Hall–Kier alpha value is -2.87. The van der Waals surface area contributed by atoms with Gasteiger partial charge in [0.25, 0.3) is 0 Å². The van der Waals surface area contributed by atoms with E-state index in [1.807, 2.05) is 72.8 Å². The van der Waals surface area contributed by atoms with Crippen LogP contribution in [0.3, 0.4) is 0 Å². The summed E-state index contributed by atoms with van der Waals surface area (Å²) in [7, 11) is -3.98. The summed E-state index contributed by atoms with van der Waals surface area (Å²) in [5.41, 5.74) is 0.520. The summed E-state index contributed by atoms with van der Waals surface area (Å²) in [5, 5.41) is 0. The number of hydrogen-bond donors (Lipinski definition) is 0. The third kappa shape index (κ3) is 4.04. The number of carbonyl (C=O) groups is 1.